The molecule has 14 atom stereocenters. The summed E-state index contributed by atoms with van der Waals surface area (Å²) in [5.74, 6) is -6.80. The standard InChI is InChI=1S/C43H69NO11/c1-10-31-19-25(3)17-24(2)18-26(4)39-37(53-9)21-28(6)43(51,55-39)40(48)41(49)44-16-12-11-13-32(44)42(50)54-38(29(7)34(46)23-35(31)47)27(5)20-30-14-15-33(45)36(22-30)52-8/h19-20,24-26,28-30,32-34,36-39,45-46,51H,10-18,21-23H2,1-9H3/t24-,25?,26-,28+,29+,30-,32?,33+,34-,36+,37-,38+,39+,43+/m0/s1. The van der Waals surface area contributed by atoms with Crippen LogP contribution in [0.1, 0.15) is 119 Å². The third-order valence-electron chi connectivity index (χ3n) is 12.9. The molecule has 12 nitrogen and oxygen atoms in total. The third kappa shape index (κ3) is 10.7. The normalized spacial score (nSPS) is 41.2. The summed E-state index contributed by atoms with van der Waals surface area (Å²) >= 11 is 0. The average Bonchev–Trinajstić information content (AvgIpc) is 3.15. The van der Waals surface area contributed by atoms with Gasteiger partial charge in [-0.2, -0.15) is 0 Å². The van der Waals surface area contributed by atoms with E-state index in [9.17, 15) is 34.5 Å². The number of carbonyl (C=O) groups is 4. The van der Waals surface area contributed by atoms with Crippen molar-refractivity contribution in [2.24, 2.45) is 35.5 Å². The number of methoxy groups -OCH3 is 2. The van der Waals surface area contributed by atoms with E-state index in [4.69, 9.17) is 18.9 Å². The van der Waals surface area contributed by atoms with Gasteiger partial charge in [-0.1, -0.05) is 53.7 Å². The monoisotopic (exact) mass is 775 g/mol. The molecule has 2 bridgehead atoms. The Hall–Kier alpha value is -2.48. The number of nitrogens with zero attached hydrogens (tertiary/aromatic N) is 1. The lowest BCUT2D eigenvalue weighted by molar-refractivity contribution is -0.294. The average molecular weight is 776 g/mol. The molecule has 0 aromatic carbocycles. The van der Waals surface area contributed by atoms with Gasteiger partial charge in [-0.3, -0.25) is 14.4 Å². The van der Waals surface area contributed by atoms with E-state index in [1.54, 1.807) is 28.1 Å². The van der Waals surface area contributed by atoms with Crippen LogP contribution in [0.15, 0.2) is 23.3 Å². The SMILES string of the molecule is CCC1=CC(C)C[C@H](C)C[C@H](C)[C@H]2O[C@@](O)(C(=O)C(=O)N3CCCCC3C(=O)O[C@H](C(C)=C[C@@H]3CC[C@@H](O)[C@H](OC)C3)[C@H](C)[C@@H](O)CC1=O)[C@H](C)C[C@@H]2OC. The smallest absolute Gasteiger partial charge is 0.329 e. The zero-order valence-electron chi connectivity index (χ0n) is 34.7. The second kappa shape index (κ2) is 19.8. The summed E-state index contributed by atoms with van der Waals surface area (Å²) < 4.78 is 23.9. The summed E-state index contributed by atoms with van der Waals surface area (Å²) in [5.41, 5.74) is 1.31. The van der Waals surface area contributed by atoms with Crippen LogP contribution >= 0.6 is 0 Å². The van der Waals surface area contributed by atoms with Crippen molar-refractivity contribution in [3.63, 3.8) is 0 Å². The van der Waals surface area contributed by atoms with Gasteiger partial charge in [0.1, 0.15) is 12.1 Å². The van der Waals surface area contributed by atoms with Crippen LogP contribution in [-0.4, -0.2) is 113 Å². The van der Waals surface area contributed by atoms with E-state index in [0.29, 0.717) is 62.5 Å². The van der Waals surface area contributed by atoms with Crippen LogP contribution < -0.4 is 0 Å². The van der Waals surface area contributed by atoms with Crippen molar-refractivity contribution in [2.75, 3.05) is 20.8 Å². The number of esters is 1. The highest BCUT2D eigenvalue weighted by Crippen LogP contribution is 2.40. The minimum atomic E-state index is -2.42. The minimum absolute atomic E-state index is 0.00882. The quantitative estimate of drug-likeness (QED) is 0.193. The first-order chi connectivity index (χ1) is 25.9. The molecule has 3 fully saturated rings. The number of carbonyl (C=O) groups excluding carboxylic acids is 4. The predicted octanol–water partition coefficient (Wildman–Crippen LogP) is 5.09. The summed E-state index contributed by atoms with van der Waals surface area (Å²) in [4.78, 5) is 57.5. The Morgan fingerprint density at radius 3 is 2.27 bits per heavy atom. The Balaban J connectivity index is 1.75. The van der Waals surface area contributed by atoms with Gasteiger partial charge < -0.3 is 39.2 Å². The highest BCUT2D eigenvalue weighted by Gasteiger charge is 2.56. The topological polar surface area (TPSA) is 169 Å². The maximum atomic E-state index is 14.3. The van der Waals surface area contributed by atoms with E-state index in [1.165, 1.54) is 4.90 Å². The van der Waals surface area contributed by atoms with E-state index >= 15 is 0 Å². The van der Waals surface area contributed by atoms with Crippen molar-refractivity contribution >= 4 is 23.4 Å². The Bertz CT molecular complexity index is 1410. The van der Waals surface area contributed by atoms with E-state index < -0.39 is 71.8 Å². The van der Waals surface area contributed by atoms with Crippen LogP contribution in [0.3, 0.4) is 0 Å². The molecule has 0 spiro atoms. The Kier molecular flexibility index (Phi) is 16.3. The number of aliphatic hydroxyl groups excluding tert-OH is 2. The summed E-state index contributed by atoms with van der Waals surface area (Å²) in [6.45, 7) is 13.5. The molecule has 312 valence electrons. The lowest BCUT2D eigenvalue weighted by Gasteiger charge is -2.47. The fraction of sp³-hybridized carbons (Fsp3) is 0.814. The first-order valence-corrected chi connectivity index (χ1v) is 20.7. The van der Waals surface area contributed by atoms with Gasteiger partial charge in [0.05, 0.1) is 30.5 Å². The lowest BCUT2D eigenvalue weighted by Crippen LogP contribution is -2.63. The van der Waals surface area contributed by atoms with Gasteiger partial charge >= 0.3 is 5.97 Å². The number of ketones is 2. The molecule has 1 saturated carbocycles. The van der Waals surface area contributed by atoms with Crippen molar-refractivity contribution in [2.45, 2.75) is 168 Å². The Labute approximate surface area is 328 Å². The third-order valence-corrected chi connectivity index (χ3v) is 12.9. The summed E-state index contributed by atoms with van der Waals surface area (Å²) in [7, 11) is 3.14. The number of ether oxygens (including phenoxy) is 4. The van der Waals surface area contributed by atoms with Crippen molar-refractivity contribution in [1.29, 1.82) is 0 Å². The Morgan fingerprint density at radius 1 is 0.927 bits per heavy atom. The fourth-order valence-electron chi connectivity index (χ4n) is 9.60. The molecule has 3 aliphatic heterocycles. The number of piperidine rings is 1. The molecule has 0 aromatic heterocycles. The maximum absolute atomic E-state index is 14.3. The molecule has 3 heterocycles. The van der Waals surface area contributed by atoms with Crippen molar-refractivity contribution in [3.05, 3.63) is 23.3 Å². The number of aliphatic hydroxyl groups is 3. The van der Waals surface area contributed by atoms with Crippen LogP contribution in [0.4, 0.5) is 0 Å². The van der Waals surface area contributed by atoms with Crippen LogP contribution in [0.5, 0.6) is 0 Å². The summed E-state index contributed by atoms with van der Waals surface area (Å²) in [6.07, 6.45) is 5.18. The van der Waals surface area contributed by atoms with Gasteiger partial charge in [0.15, 0.2) is 5.78 Å². The lowest BCUT2D eigenvalue weighted by atomic mass is 9.79. The molecule has 1 aliphatic carbocycles. The molecule has 2 saturated heterocycles. The summed E-state index contributed by atoms with van der Waals surface area (Å²) in [6, 6.07) is -1.11. The molecule has 0 aromatic rings. The number of hydrogen-bond acceptors (Lipinski definition) is 11. The first-order valence-electron chi connectivity index (χ1n) is 20.7. The number of cyclic esters (lactones) is 1. The number of rotatable bonds is 5. The van der Waals surface area contributed by atoms with Gasteiger partial charge in [-0.15, -0.1) is 0 Å². The molecule has 0 radical (unpaired) electrons. The maximum Gasteiger partial charge on any atom is 0.329 e. The highest BCUT2D eigenvalue weighted by molar-refractivity contribution is 6.39. The van der Waals surface area contributed by atoms with Gasteiger partial charge in [-0.05, 0) is 106 Å². The number of fused-ring (bicyclic) bond motifs is 3. The van der Waals surface area contributed by atoms with Gasteiger partial charge in [-0.25, -0.2) is 4.79 Å². The molecule has 4 aliphatic rings. The molecule has 1 amide bonds. The van der Waals surface area contributed by atoms with E-state index in [2.05, 4.69) is 13.8 Å². The fourth-order valence-corrected chi connectivity index (χ4v) is 9.60. The van der Waals surface area contributed by atoms with Crippen LogP contribution in [0.25, 0.3) is 0 Å². The van der Waals surface area contributed by atoms with Crippen LogP contribution in [-0.2, 0) is 38.1 Å². The molecule has 12 heteroatoms. The van der Waals surface area contributed by atoms with E-state index in [0.717, 1.165) is 6.42 Å². The Morgan fingerprint density at radius 2 is 1.62 bits per heavy atom. The molecule has 55 heavy (non-hydrogen) atoms. The van der Waals surface area contributed by atoms with Crippen molar-refractivity contribution in [3.8, 4) is 0 Å². The van der Waals surface area contributed by atoms with Gasteiger partial charge in [0.25, 0.3) is 11.7 Å². The zero-order valence-corrected chi connectivity index (χ0v) is 34.7. The molecule has 3 N–H and O–H groups in total. The number of hydrogen-bond donors (Lipinski definition) is 3. The summed E-state index contributed by atoms with van der Waals surface area (Å²) in [5, 5.41) is 34.0. The number of allylic oxidation sites excluding steroid dienone is 3. The van der Waals surface area contributed by atoms with Crippen molar-refractivity contribution < 1.29 is 53.4 Å². The van der Waals surface area contributed by atoms with Gasteiger partial charge in [0.2, 0.25) is 5.79 Å². The first kappa shape index (κ1) is 45.2. The van der Waals surface area contributed by atoms with Crippen LogP contribution in [0.2, 0.25) is 0 Å². The number of Topliss-reactive ketones (excluding diaryl/α,β-unsaturated/α-hetero) is 2. The molecule has 4 rings (SSSR count). The zero-order chi connectivity index (χ0) is 40.8. The molecular formula is C43H69NO11. The van der Waals surface area contributed by atoms with Gasteiger partial charge in [0, 0.05) is 39.0 Å². The molecule has 2 unspecified atom stereocenters. The largest absolute Gasteiger partial charge is 0.456 e. The van der Waals surface area contributed by atoms with E-state index in [1.807, 2.05) is 32.9 Å². The minimum Gasteiger partial charge on any atom is -0.456 e. The molecular weight excluding hydrogens is 706 g/mol. The number of amides is 1. The predicted molar refractivity (Wildman–Crippen MR) is 206 cm³/mol. The highest BCUT2D eigenvalue weighted by atomic mass is 16.7. The second-order valence-electron chi connectivity index (χ2n) is 17.3. The van der Waals surface area contributed by atoms with Crippen LogP contribution in [0, 0.1) is 35.5 Å². The second-order valence-corrected chi connectivity index (χ2v) is 17.3. The van der Waals surface area contributed by atoms with E-state index in [-0.39, 0.29) is 54.9 Å². The van der Waals surface area contributed by atoms with Crippen molar-refractivity contribution in [1.82, 2.24) is 4.90 Å².